The molecule has 0 atom stereocenters. The number of esters is 2. The number of aromatic carboxylic acids is 2. The number of rotatable bonds is 6. The second kappa shape index (κ2) is 15.9. The summed E-state index contributed by atoms with van der Waals surface area (Å²) in [5.74, 6) is -4.45. The number of hydrogen-bond acceptors (Lipinski definition) is 11. The average molecular weight is 623 g/mol. The second-order valence-electron chi connectivity index (χ2n) is 9.15. The first kappa shape index (κ1) is 35.0. The average Bonchev–Trinajstić information content (AvgIpc) is 3.00. The molecule has 1 aliphatic heterocycles. The smallest absolute Gasteiger partial charge is 0.336 e. The van der Waals surface area contributed by atoms with Crippen LogP contribution in [0.1, 0.15) is 46.0 Å². The van der Waals surface area contributed by atoms with Crippen LogP contribution in [0.5, 0.6) is 11.5 Å². The SMILES string of the molecule is COC(=O)C1=C(C)NC(C)=C(C(=O)OC)C1c1ccccc1[N+](=O)[O-].O=C(O)c1cccc(O)c1.O=C(O)c1cccc(O)c1. The number of methoxy groups -OCH3 is 2. The third-order valence-electron chi connectivity index (χ3n) is 6.20. The van der Waals surface area contributed by atoms with Gasteiger partial charge in [0.05, 0.1) is 47.3 Å². The van der Waals surface area contributed by atoms with E-state index in [1.165, 1.54) is 80.9 Å². The minimum atomic E-state index is -1.03. The van der Waals surface area contributed by atoms with Gasteiger partial charge >= 0.3 is 23.9 Å². The number of phenols is 2. The van der Waals surface area contributed by atoms with Crippen molar-refractivity contribution in [1.82, 2.24) is 5.32 Å². The molecule has 236 valence electrons. The lowest BCUT2D eigenvalue weighted by atomic mass is 9.79. The summed E-state index contributed by atoms with van der Waals surface area (Å²) >= 11 is 0. The van der Waals surface area contributed by atoms with E-state index in [0.717, 1.165) is 0 Å². The maximum atomic E-state index is 12.3. The number of phenolic OH excluding ortho intramolecular Hbond substituents is 2. The molecule has 4 rings (SSSR count). The first-order valence-electron chi connectivity index (χ1n) is 12.9. The number of nitro benzene ring substituents is 1. The molecule has 45 heavy (non-hydrogen) atoms. The van der Waals surface area contributed by atoms with Crippen molar-refractivity contribution in [2.24, 2.45) is 0 Å². The standard InChI is InChI=1S/C17H18N2O6.2C7H6O3/c1-9-13(16(20)24-3)15(14(10(2)18-9)17(21)25-4)11-7-5-6-8-12(11)19(22)23;2*8-6-3-1-2-5(4-6)7(9)10/h5-8,15,18H,1-4H3;2*1-4,8H,(H,9,10). The molecular weight excluding hydrogens is 592 g/mol. The normalized spacial score (nSPS) is 12.4. The van der Waals surface area contributed by atoms with Crippen LogP contribution in [0.15, 0.2) is 95.3 Å². The number of carboxylic acid groups (broad SMARTS) is 2. The fraction of sp³-hybridized carbons (Fsp3) is 0.161. The molecule has 0 spiro atoms. The quantitative estimate of drug-likeness (QED) is 0.147. The topological polar surface area (TPSA) is 223 Å². The Balaban J connectivity index is 0.000000287. The van der Waals surface area contributed by atoms with Gasteiger partial charge in [-0.1, -0.05) is 30.3 Å². The Hall–Kier alpha value is -6.18. The van der Waals surface area contributed by atoms with Gasteiger partial charge in [0.2, 0.25) is 0 Å². The van der Waals surface area contributed by atoms with Crippen LogP contribution in [-0.2, 0) is 19.1 Å². The fourth-order valence-electron chi connectivity index (χ4n) is 4.24. The van der Waals surface area contributed by atoms with E-state index >= 15 is 0 Å². The molecule has 14 heteroatoms. The van der Waals surface area contributed by atoms with E-state index in [2.05, 4.69) is 5.32 Å². The number of nitrogens with zero attached hydrogens (tertiary/aromatic N) is 1. The van der Waals surface area contributed by atoms with E-state index in [9.17, 15) is 29.3 Å². The molecule has 0 saturated carbocycles. The Morgan fingerprint density at radius 2 is 1.16 bits per heavy atom. The summed E-state index contributed by atoms with van der Waals surface area (Å²) in [6.45, 7) is 3.29. The van der Waals surface area contributed by atoms with E-state index in [1.54, 1.807) is 19.9 Å². The van der Waals surface area contributed by atoms with Crippen LogP contribution >= 0.6 is 0 Å². The summed E-state index contributed by atoms with van der Waals surface area (Å²) in [7, 11) is 2.42. The molecule has 0 radical (unpaired) electrons. The van der Waals surface area contributed by atoms with Crippen LogP contribution in [0.3, 0.4) is 0 Å². The van der Waals surface area contributed by atoms with Crippen LogP contribution < -0.4 is 5.32 Å². The van der Waals surface area contributed by atoms with Crippen LogP contribution in [0, 0.1) is 10.1 Å². The first-order chi connectivity index (χ1) is 21.2. The zero-order valence-corrected chi connectivity index (χ0v) is 24.5. The highest BCUT2D eigenvalue weighted by atomic mass is 16.6. The van der Waals surface area contributed by atoms with Gasteiger partial charge in [-0.05, 0) is 50.2 Å². The summed E-state index contributed by atoms with van der Waals surface area (Å²) in [6, 6.07) is 17.0. The number of ether oxygens (including phenoxy) is 2. The highest BCUT2D eigenvalue weighted by Crippen LogP contribution is 2.42. The van der Waals surface area contributed by atoms with Gasteiger partial charge in [0, 0.05) is 23.0 Å². The number of nitrogens with one attached hydrogen (secondary N) is 1. The van der Waals surface area contributed by atoms with Gasteiger partial charge in [0.15, 0.2) is 0 Å². The lowest BCUT2D eigenvalue weighted by molar-refractivity contribution is -0.385. The van der Waals surface area contributed by atoms with Crippen molar-refractivity contribution in [3.8, 4) is 11.5 Å². The number of allylic oxidation sites excluding steroid dienone is 2. The lowest BCUT2D eigenvalue weighted by Gasteiger charge is -2.29. The minimum absolute atomic E-state index is 0.0279. The molecule has 3 aromatic rings. The highest BCUT2D eigenvalue weighted by molar-refractivity contribution is 6.00. The zero-order chi connectivity index (χ0) is 33.8. The van der Waals surface area contributed by atoms with Crippen molar-refractivity contribution >= 4 is 29.6 Å². The number of carbonyl (C=O) groups is 4. The molecular formula is C31H30N2O12. The summed E-state index contributed by atoms with van der Waals surface area (Å²) in [5, 5.41) is 48.8. The Bertz CT molecular complexity index is 1580. The molecule has 5 N–H and O–H groups in total. The third kappa shape index (κ3) is 9.15. The van der Waals surface area contributed by atoms with Crippen LogP contribution in [0.25, 0.3) is 0 Å². The summed E-state index contributed by atoms with van der Waals surface area (Å²) in [5.41, 5.74) is 1.39. The monoisotopic (exact) mass is 622 g/mol. The molecule has 14 nitrogen and oxygen atoms in total. The van der Waals surface area contributed by atoms with Crippen molar-refractivity contribution in [2.75, 3.05) is 14.2 Å². The van der Waals surface area contributed by atoms with Gasteiger partial charge in [0.25, 0.3) is 5.69 Å². The van der Waals surface area contributed by atoms with E-state index < -0.39 is 34.7 Å². The predicted molar refractivity (Wildman–Crippen MR) is 159 cm³/mol. The van der Waals surface area contributed by atoms with Gasteiger partial charge in [-0.25, -0.2) is 19.2 Å². The number of carbonyl (C=O) groups excluding carboxylic acids is 2. The number of para-hydroxylation sites is 1. The number of carboxylic acids is 2. The number of hydrogen-bond donors (Lipinski definition) is 5. The van der Waals surface area contributed by atoms with Crippen LogP contribution in [0.4, 0.5) is 5.69 Å². The van der Waals surface area contributed by atoms with Crippen LogP contribution in [0.2, 0.25) is 0 Å². The molecule has 0 aliphatic carbocycles. The molecule has 0 unspecified atom stereocenters. The number of aromatic hydroxyl groups is 2. The van der Waals surface area contributed by atoms with Crippen molar-refractivity contribution in [3.05, 3.63) is 122 Å². The number of nitro groups is 1. The Morgan fingerprint density at radius 3 is 1.49 bits per heavy atom. The van der Waals surface area contributed by atoms with Gasteiger partial charge in [0.1, 0.15) is 11.5 Å². The lowest BCUT2D eigenvalue weighted by Crippen LogP contribution is -2.32. The first-order valence-corrected chi connectivity index (χ1v) is 12.9. The van der Waals surface area contributed by atoms with Crippen molar-refractivity contribution in [1.29, 1.82) is 0 Å². The molecule has 0 saturated heterocycles. The van der Waals surface area contributed by atoms with E-state index in [-0.39, 0.29) is 45.0 Å². The van der Waals surface area contributed by atoms with Gasteiger partial charge in [-0.15, -0.1) is 0 Å². The molecule has 3 aromatic carbocycles. The molecule has 1 aliphatic rings. The van der Waals surface area contributed by atoms with Gasteiger partial charge in [-0.2, -0.15) is 0 Å². The Labute approximate surface area is 256 Å². The van der Waals surface area contributed by atoms with E-state index in [0.29, 0.717) is 11.4 Å². The van der Waals surface area contributed by atoms with Crippen molar-refractivity contribution in [3.63, 3.8) is 0 Å². The predicted octanol–water partition coefficient (Wildman–Crippen LogP) is 4.36. The number of dihydropyridines is 1. The molecule has 0 fully saturated rings. The Morgan fingerprint density at radius 1 is 0.733 bits per heavy atom. The summed E-state index contributed by atoms with van der Waals surface area (Å²) in [4.78, 5) is 56.1. The van der Waals surface area contributed by atoms with Gasteiger partial charge < -0.3 is 35.2 Å². The van der Waals surface area contributed by atoms with E-state index in [1.807, 2.05) is 0 Å². The Kier molecular flexibility index (Phi) is 12.4. The maximum absolute atomic E-state index is 12.3. The van der Waals surface area contributed by atoms with Crippen LogP contribution in [-0.4, -0.2) is 63.4 Å². The van der Waals surface area contributed by atoms with Gasteiger partial charge in [-0.3, -0.25) is 10.1 Å². The molecule has 0 bridgehead atoms. The van der Waals surface area contributed by atoms with Crippen molar-refractivity contribution < 1.29 is 54.0 Å². The van der Waals surface area contributed by atoms with Crippen molar-refractivity contribution in [2.45, 2.75) is 19.8 Å². The molecule has 1 heterocycles. The maximum Gasteiger partial charge on any atom is 0.336 e. The second-order valence-corrected chi connectivity index (χ2v) is 9.15. The zero-order valence-electron chi connectivity index (χ0n) is 24.5. The summed E-state index contributed by atoms with van der Waals surface area (Å²) in [6.07, 6.45) is 0. The molecule has 0 aromatic heterocycles. The fourth-order valence-corrected chi connectivity index (χ4v) is 4.24. The minimum Gasteiger partial charge on any atom is -0.508 e. The molecule has 0 amide bonds. The van der Waals surface area contributed by atoms with E-state index in [4.69, 9.17) is 29.9 Å². The number of benzene rings is 3. The largest absolute Gasteiger partial charge is 0.508 e. The summed E-state index contributed by atoms with van der Waals surface area (Å²) < 4.78 is 9.66. The third-order valence-corrected chi connectivity index (χ3v) is 6.20. The highest BCUT2D eigenvalue weighted by Gasteiger charge is 2.40.